The second-order valence-electron chi connectivity index (χ2n) is 6.54. The van der Waals surface area contributed by atoms with Gasteiger partial charge in [-0.05, 0) is 42.0 Å². The van der Waals surface area contributed by atoms with Gasteiger partial charge in [-0.25, -0.2) is 0 Å². The molecule has 1 N–H and O–H groups in total. The number of carbonyl (C=O) groups excluding carboxylic acids is 2. The Labute approximate surface area is 172 Å². The number of carbonyl (C=O) groups is 2. The fraction of sp³-hybridized carbons (Fsp3) is 0.0909. The third-order valence-corrected chi connectivity index (χ3v) is 5.13. The quantitative estimate of drug-likeness (QED) is 0.632. The average molecular weight is 411 g/mol. The third kappa shape index (κ3) is 3.61. The van der Waals surface area contributed by atoms with Gasteiger partial charge in [-0.1, -0.05) is 59.6 Å². The molecule has 0 bridgehead atoms. The monoisotopic (exact) mass is 410 g/mol. The highest BCUT2D eigenvalue weighted by atomic mass is 35.5. The lowest BCUT2D eigenvalue weighted by atomic mass is 9.95. The van der Waals surface area contributed by atoms with Crippen LogP contribution < -0.4 is 5.32 Å². The zero-order valence-corrected chi connectivity index (χ0v) is 16.2. The standard InChI is InChI=1S/C22H16Cl2N2O2/c23-16-8-4-7-15(11-16)22(28)26-13-20(27)25-19-10-9-17(24)12-18(19)21(26)14-5-2-1-3-6-14/h1-12,21H,13H2,(H,25,27)/t21-/m0/s1. The molecule has 4 rings (SSSR count). The average Bonchev–Trinajstić information content (AvgIpc) is 2.83. The van der Waals surface area contributed by atoms with Gasteiger partial charge in [0.25, 0.3) is 5.91 Å². The molecule has 0 spiro atoms. The number of amides is 2. The Balaban J connectivity index is 1.89. The van der Waals surface area contributed by atoms with Crippen LogP contribution in [0.1, 0.15) is 27.5 Å². The molecular formula is C22H16Cl2N2O2. The van der Waals surface area contributed by atoms with E-state index < -0.39 is 6.04 Å². The molecule has 0 unspecified atom stereocenters. The van der Waals surface area contributed by atoms with Crippen molar-refractivity contribution in [1.82, 2.24) is 4.90 Å². The van der Waals surface area contributed by atoms with E-state index in [1.165, 1.54) is 0 Å². The topological polar surface area (TPSA) is 49.4 Å². The van der Waals surface area contributed by atoms with Gasteiger partial charge >= 0.3 is 0 Å². The summed E-state index contributed by atoms with van der Waals surface area (Å²) in [6.45, 7) is -0.0861. The van der Waals surface area contributed by atoms with E-state index in [1.54, 1.807) is 47.4 Å². The molecule has 1 heterocycles. The van der Waals surface area contributed by atoms with Crippen LogP contribution in [0.3, 0.4) is 0 Å². The van der Waals surface area contributed by atoms with Crippen molar-refractivity contribution < 1.29 is 9.59 Å². The van der Waals surface area contributed by atoms with Crippen molar-refractivity contribution in [3.05, 3.63) is 99.5 Å². The highest BCUT2D eigenvalue weighted by Crippen LogP contribution is 2.38. The van der Waals surface area contributed by atoms with Crippen molar-refractivity contribution >= 4 is 40.7 Å². The molecule has 1 aliphatic heterocycles. The molecule has 1 atom stereocenters. The minimum absolute atomic E-state index is 0.0861. The number of halogens is 2. The normalized spacial score (nSPS) is 16.1. The Morgan fingerprint density at radius 3 is 2.43 bits per heavy atom. The number of fused-ring (bicyclic) bond motifs is 1. The largest absolute Gasteiger partial charge is 0.324 e. The molecule has 140 valence electrons. The van der Waals surface area contributed by atoms with Gasteiger partial charge in [0.2, 0.25) is 5.91 Å². The molecule has 6 heteroatoms. The minimum atomic E-state index is -0.472. The van der Waals surface area contributed by atoms with Gasteiger partial charge in [0, 0.05) is 26.9 Å². The van der Waals surface area contributed by atoms with Crippen LogP contribution in [0.15, 0.2) is 72.8 Å². The van der Waals surface area contributed by atoms with Crippen LogP contribution in [0.4, 0.5) is 5.69 Å². The van der Waals surface area contributed by atoms with Gasteiger partial charge in [-0.3, -0.25) is 9.59 Å². The Kier molecular flexibility index (Phi) is 5.07. The SMILES string of the molecule is O=C1CN(C(=O)c2cccc(Cl)c2)[C@@H](c2ccccc2)c2cc(Cl)ccc2N1. The molecule has 0 saturated carbocycles. The van der Waals surface area contributed by atoms with Gasteiger partial charge in [0.05, 0.1) is 6.04 Å². The van der Waals surface area contributed by atoms with Crippen molar-refractivity contribution in [3.8, 4) is 0 Å². The number of rotatable bonds is 2. The Hall–Kier alpha value is -2.82. The van der Waals surface area contributed by atoms with E-state index in [1.807, 2.05) is 30.3 Å². The van der Waals surface area contributed by atoms with Gasteiger partial charge in [-0.2, -0.15) is 0 Å². The van der Waals surface area contributed by atoms with Crippen LogP contribution >= 0.6 is 23.2 Å². The molecule has 0 fully saturated rings. The zero-order valence-electron chi connectivity index (χ0n) is 14.7. The summed E-state index contributed by atoms with van der Waals surface area (Å²) in [7, 11) is 0. The highest BCUT2D eigenvalue weighted by molar-refractivity contribution is 6.31. The lowest BCUT2D eigenvalue weighted by Gasteiger charge is -2.30. The molecule has 4 nitrogen and oxygen atoms in total. The Morgan fingerprint density at radius 1 is 0.929 bits per heavy atom. The molecule has 28 heavy (non-hydrogen) atoms. The first-order valence-corrected chi connectivity index (χ1v) is 9.49. The second kappa shape index (κ2) is 7.66. The van der Waals surface area contributed by atoms with Crippen LogP contribution in [0.2, 0.25) is 10.0 Å². The van der Waals surface area contributed by atoms with Crippen LogP contribution in [0.5, 0.6) is 0 Å². The molecule has 2 amide bonds. The van der Waals surface area contributed by atoms with Gasteiger partial charge < -0.3 is 10.2 Å². The van der Waals surface area contributed by atoms with Gasteiger partial charge in [0.15, 0.2) is 0 Å². The minimum Gasteiger partial charge on any atom is -0.324 e. The summed E-state index contributed by atoms with van der Waals surface area (Å²) >= 11 is 12.3. The number of hydrogen-bond donors (Lipinski definition) is 1. The maximum Gasteiger partial charge on any atom is 0.255 e. The van der Waals surface area contributed by atoms with Gasteiger partial charge in [0.1, 0.15) is 6.54 Å². The second-order valence-corrected chi connectivity index (χ2v) is 7.41. The first kappa shape index (κ1) is 18.5. The number of nitrogens with zero attached hydrogens (tertiary/aromatic N) is 1. The summed E-state index contributed by atoms with van der Waals surface area (Å²) in [6.07, 6.45) is 0. The molecule has 0 saturated heterocycles. The summed E-state index contributed by atoms with van der Waals surface area (Å²) in [4.78, 5) is 27.5. The van der Waals surface area contributed by atoms with Crippen LogP contribution in [-0.4, -0.2) is 23.3 Å². The Bertz CT molecular complexity index is 1050. The third-order valence-electron chi connectivity index (χ3n) is 4.66. The predicted molar refractivity (Wildman–Crippen MR) is 111 cm³/mol. The van der Waals surface area contributed by atoms with E-state index in [2.05, 4.69) is 5.32 Å². The summed E-state index contributed by atoms with van der Waals surface area (Å²) in [5.41, 5.74) is 2.72. The molecule has 3 aromatic rings. The molecule has 1 aliphatic rings. The lowest BCUT2D eigenvalue weighted by Crippen LogP contribution is -2.39. The highest BCUT2D eigenvalue weighted by Gasteiger charge is 2.34. The summed E-state index contributed by atoms with van der Waals surface area (Å²) in [5.74, 6) is -0.545. The maximum absolute atomic E-state index is 13.4. The van der Waals surface area contributed by atoms with Crippen molar-refractivity contribution in [2.24, 2.45) is 0 Å². The molecule has 0 aromatic heterocycles. The number of hydrogen-bond acceptors (Lipinski definition) is 2. The van der Waals surface area contributed by atoms with E-state index in [4.69, 9.17) is 23.2 Å². The fourth-order valence-electron chi connectivity index (χ4n) is 3.45. The molecule has 3 aromatic carbocycles. The first-order valence-electron chi connectivity index (χ1n) is 8.74. The van der Waals surface area contributed by atoms with E-state index >= 15 is 0 Å². The fourth-order valence-corrected chi connectivity index (χ4v) is 3.82. The number of nitrogens with one attached hydrogen (secondary N) is 1. The van der Waals surface area contributed by atoms with Crippen molar-refractivity contribution in [2.75, 3.05) is 11.9 Å². The Morgan fingerprint density at radius 2 is 1.68 bits per heavy atom. The zero-order chi connectivity index (χ0) is 19.7. The summed E-state index contributed by atoms with van der Waals surface area (Å²) < 4.78 is 0. The summed E-state index contributed by atoms with van der Waals surface area (Å²) in [5, 5.41) is 3.88. The van der Waals surface area contributed by atoms with Gasteiger partial charge in [-0.15, -0.1) is 0 Å². The molecular weight excluding hydrogens is 395 g/mol. The number of benzene rings is 3. The lowest BCUT2D eigenvalue weighted by molar-refractivity contribution is -0.117. The van der Waals surface area contributed by atoms with Crippen molar-refractivity contribution in [1.29, 1.82) is 0 Å². The first-order chi connectivity index (χ1) is 13.5. The predicted octanol–water partition coefficient (Wildman–Crippen LogP) is 5.18. The maximum atomic E-state index is 13.4. The smallest absolute Gasteiger partial charge is 0.255 e. The van der Waals surface area contributed by atoms with E-state index in [-0.39, 0.29) is 18.4 Å². The van der Waals surface area contributed by atoms with Crippen molar-refractivity contribution in [3.63, 3.8) is 0 Å². The molecule has 0 radical (unpaired) electrons. The van der Waals surface area contributed by atoms with Crippen molar-refractivity contribution in [2.45, 2.75) is 6.04 Å². The van der Waals surface area contributed by atoms with E-state index in [9.17, 15) is 9.59 Å². The van der Waals surface area contributed by atoms with Crippen LogP contribution in [0.25, 0.3) is 0 Å². The summed E-state index contributed by atoms with van der Waals surface area (Å²) in [6, 6.07) is 21.1. The number of anilines is 1. The van der Waals surface area contributed by atoms with Crippen LogP contribution in [0, 0.1) is 0 Å². The van der Waals surface area contributed by atoms with E-state index in [0.717, 1.165) is 11.1 Å². The van der Waals surface area contributed by atoms with Crippen LogP contribution in [-0.2, 0) is 4.79 Å². The molecule has 0 aliphatic carbocycles. The van der Waals surface area contributed by atoms with E-state index in [0.29, 0.717) is 21.3 Å².